The number of rotatable bonds is 6. The zero-order valence-electron chi connectivity index (χ0n) is 26.8. The number of hydrogen-bond donors (Lipinski definition) is 4. The molecule has 2 aromatic heterocycles. The molecule has 48 heavy (non-hydrogen) atoms. The second-order valence-corrected chi connectivity index (χ2v) is 13.6. The Hall–Kier alpha value is -4.17. The Morgan fingerprint density at radius 3 is 2.17 bits per heavy atom. The highest BCUT2D eigenvalue weighted by Gasteiger charge is 2.28. The molecule has 254 valence electrons. The molecule has 3 heterocycles. The largest absolute Gasteiger partial charge is 0.351 e. The quantitative estimate of drug-likeness (QED) is 0.235. The molecule has 0 saturated carbocycles. The number of nitrogens with two attached hydrogens (primary N) is 1. The minimum atomic E-state index is -0.858. The minimum absolute atomic E-state index is 0. The highest BCUT2D eigenvalue weighted by molar-refractivity contribution is 7.10. The van der Waals surface area contributed by atoms with Crippen LogP contribution >= 0.6 is 35.1 Å². The second-order valence-electron chi connectivity index (χ2n) is 11.8. The summed E-state index contributed by atoms with van der Waals surface area (Å²) in [5.74, 6) is -1.49. The second kappa shape index (κ2) is 17.3. The smallest absolute Gasteiger partial charge is 0.271 e. The average Bonchev–Trinajstić information content (AvgIpc) is 3.76. The number of fused-ring (bicyclic) bond motifs is 4. The van der Waals surface area contributed by atoms with E-state index in [1.807, 2.05) is 74.5 Å². The molecule has 0 spiro atoms. The first-order valence-corrected chi connectivity index (χ1v) is 17.4. The van der Waals surface area contributed by atoms with Crippen molar-refractivity contribution in [1.29, 1.82) is 0 Å². The van der Waals surface area contributed by atoms with Crippen LogP contribution in [0.4, 0.5) is 0 Å². The fraction of sp³-hybridized carbons (Fsp3) is 0.353. The number of nitrogens with one attached hydrogen (secondary N) is 3. The molecule has 0 aliphatic carbocycles. The number of benzene rings is 2. The lowest BCUT2D eigenvalue weighted by atomic mass is 10.0. The summed E-state index contributed by atoms with van der Waals surface area (Å²) in [5.41, 5.74) is 8.74. The summed E-state index contributed by atoms with van der Waals surface area (Å²) in [6, 6.07) is 17.3. The van der Waals surface area contributed by atoms with Crippen LogP contribution in [0.3, 0.4) is 0 Å². The molecule has 5 rings (SSSR count). The van der Waals surface area contributed by atoms with Gasteiger partial charge < -0.3 is 26.6 Å². The van der Waals surface area contributed by atoms with Gasteiger partial charge in [0.25, 0.3) is 11.8 Å². The summed E-state index contributed by atoms with van der Waals surface area (Å²) in [6.45, 7) is 4.17. The van der Waals surface area contributed by atoms with Gasteiger partial charge in [0, 0.05) is 23.8 Å². The van der Waals surface area contributed by atoms with Crippen molar-refractivity contribution >= 4 is 58.7 Å². The molecule has 4 amide bonds. The van der Waals surface area contributed by atoms with Crippen molar-refractivity contribution in [3.05, 3.63) is 104 Å². The molecule has 11 nitrogen and oxygen atoms in total. The van der Waals surface area contributed by atoms with E-state index in [1.54, 1.807) is 10.8 Å². The maximum Gasteiger partial charge on any atom is 0.271 e. The van der Waals surface area contributed by atoms with Gasteiger partial charge >= 0.3 is 0 Å². The summed E-state index contributed by atoms with van der Waals surface area (Å²) >= 11 is 2.59. The van der Waals surface area contributed by atoms with E-state index in [0.717, 1.165) is 11.1 Å². The lowest BCUT2D eigenvalue weighted by Crippen LogP contribution is -2.49. The first-order valence-electron chi connectivity index (χ1n) is 15.6. The molecular formula is C34H40ClN7O4S2. The van der Waals surface area contributed by atoms with Gasteiger partial charge in [-0.2, -0.15) is 0 Å². The lowest BCUT2D eigenvalue weighted by molar-refractivity contribution is -0.137. The van der Waals surface area contributed by atoms with Gasteiger partial charge in [-0.3, -0.25) is 19.2 Å². The number of thiazole rings is 2. The summed E-state index contributed by atoms with van der Waals surface area (Å²) in [5, 5.41) is 13.5. The van der Waals surface area contributed by atoms with Crippen LogP contribution in [0.15, 0.2) is 71.4 Å². The van der Waals surface area contributed by atoms with E-state index < -0.39 is 18.1 Å². The van der Waals surface area contributed by atoms with Crippen molar-refractivity contribution in [3.8, 4) is 0 Å². The average molecular weight is 710 g/mol. The van der Waals surface area contributed by atoms with Crippen molar-refractivity contribution in [2.75, 3.05) is 19.6 Å². The highest BCUT2D eigenvalue weighted by Crippen LogP contribution is 2.27. The van der Waals surface area contributed by atoms with Crippen molar-refractivity contribution in [2.45, 2.75) is 51.2 Å². The SMILES string of the molecule is CC(C)[C@@H]1NC(=O)c2csc(n2)[C@H](Cc2ccccc2)NC(=O)CN(C(=O)[C@@H](N)Cc2ccccc2)CCCNC(=O)c2csc1n2.Cl. The van der Waals surface area contributed by atoms with Crippen LogP contribution in [0.25, 0.3) is 0 Å². The zero-order chi connectivity index (χ0) is 33.3. The molecule has 14 heteroatoms. The van der Waals surface area contributed by atoms with Crippen LogP contribution in [0.2, 0.25) is 0 Å². The van der Waals surface area contributed by atoms with E-state index >= 15 is 0 Å². The van der Waals surface area contributed by atoms with E-state index in [0.29, 0.717) is 29.3 Å². The molecular weight excluding hydrogens is 670 g/mol. The van der Waals surface area contributed by atoms with Crippen LogP contribution in [0.5, 0.6) is 0 Å². The third kappa shape index (κ3) is 9.69. The number of nitrogens with zero attached hydrogens (tertiary/aromatic N) is 3. The van der Waals surface area contributed by atoms with E-state index in [4.69, 9.17) is 5.73 Å². The molecule has 4 bridgehead atoms. The van der Waals surface area contributed by atoms with Crippen molar-refractivity contribution in [1.82, 2.24) is 30.8 Å². The Balaban J connectivity index is 0.00000520. The molecule has 0 fully saturated rings. The van der Waals surface area contributed by atoms with Crippen LogP contribution in [-0.4, -0.2) is 64.2 Å². The van der Waals surface area contributed by atoms with Gasteiger partial charge in [-0.25, -0.2) is 9.97 Å². The highest BCUT2D eigenvalue weighted by atomic mass is 35.5. The zero-order valence-corrected chi connectivity index (χ0v) is 29.2. The topological polar surface area (TPSA) is 159 Å². The van der Waals surface area contributed by atoms with E-state index in [9.17, 15) is 19.2 Å². The lowest BCUT2D eigenvalue weighted by Gasteiger charge is -2.26. The summed E-state index contributed by atoms with van der Waals surface area (Å²) in [4.78, 5) is 64.2. The summed E-state index contributed by atoms with van der Waals surface area (Å²) in [7, 11) is 0. The molecule has 3 atom stereocenters. The summed E-state index contributed by atoms with van der Waals surface area (Å²) in [6.07, 6.45) is 1.15. The number of hydrogen-bond acceptors (Lipinski definition) is 9. The predicted molar refractivity (Wildman–Crippen MR) is 189 cm³/mol. The number of aromatic nitrogens is 2. The molecule has 4 aromatic rings. The Bertz CT molecular complexity index is 1680. The Morgan fingerprint density at radius 1 is 0.896 bits per heavy atom. The molecule has 5 N–H and O–H groups in total. The number of carbonyl (C=O) groups excluding carboxylic acids is 4. The molecule has 1 aliphatic heterocycles. The predicted octanol–water partition coefficient (Wildman–Crippen LogP) is 4.08. The first kappa shape index (κ1) is 36.7. The molecule has 0 unspecified atom stereocenters. The van der Waals surface area contributed by atoms with Gasteiger partial charge in [0.15, 0.2) is 0 Å². The summed E-state index contributed by atoms with van der Waals surface area (Å²) < 4.78 is 0. The monoisotopic (exact) mass is 709 g/mol. The fourth-order valence-electron chi connectivity index (χ4n) is 5.30. The van der Waals surface area contributed by atoms with Gasteiger partial charge in [-0.1, -0.05) is 74.5 Å². The van der Waals surface area contributed by atoms with Crippen molar-refractivity contribution in [3.63, 3.8) is 0 Å². The maximum atomic E-state index is 13.6. The standard InChI is InChI=1S/C34H39N7O4S2.ClH/c1-21(2)29-33-39-26(19-47-33)30(43)36-14-9-15-41(34(45)24(35)16-22-10-5-3-6-11-22)18-28(42)37-25(17-23-12-7-4-8-13-23)32-38-27(20-46-32)31(44)40-29;/h3-8,10-13,19-21,24-25,29H,9,14-18,35H2,1-2H3,(H,36,43)(H,37,42)(H,40,44);1H/t24-,25-,29-;/m0./s1. The van der Waals surface area contributed by atoms with E-state index in [1.165, 1.54) is 27.6 Å². The van der Waals surface area contributed by atoms with Crippen LogP contribution in [-0.2, 0) is 22.4 Å². The minimum Gasteiger partial charge on any atom is -0.351 e. The third-order valence-corrected chi connectivity index (χ3v) is 9.68. The van der Waals surface area contributed by atoms with E-state index in [2.05, 4.69) is 25.9 Å². The molecule has 0 saturated heterocycles. The molecule has 2 aromatic carbocycles. The van der Waals surface area contributed by atoms with E-state index in [-0.39, 0.29) is 73.0 Å². The van der Waals surface area contributed by atoms with Crippen LogP contribution < -0.4 is 21.7 Å². The number of amides is 4. The number of carbonyl (C=O) groups is 4. The maximum absolute atomic E-state index is 13.6. The molecule has 1 aliphatic rings. The third-order valence-electron chi connectivity index (χ3n) is 7.80. The number of halogens is 1. The van der Waals surface area contributed by atoms with Crippen molar-refractivity contribution < 1.29 is 19.2 Å². The van der Waals surface area contributed by atoms with Crippen LogP contribution in [0, 0.1) is 5.92 Å². The Kier molecular flexibility index (Phi) is 13.2. The van der Waals surface area contributed by atoms with Gasteiger partial charge in [-0.05, 0) is 36.3 Å². The van der Waals surface area contributed by atoms with Crippen LogP contribution in [0.1, 0.15) is 74.5 Å². The van der Waals surface area contributed by atoms with Gasteiger partial charge in [0.1, 0.15) is 21.4 Å². The first-order chi connectivity index (χ1) is 22.7. The normalized spacial score (nSPS) is 18.3. The Labute approximate surface area is 294 Å². The Morgan fingerprint density at radius 2 is 1.50 bits per heavy atom. The van der Waals surface area contributed by atoms with Gasteiger partial charge in [0.2, 0.25) is 11.8 Å². The molecule has 0 radical (unpaired) electrons. The van der Waals surface area contributed by atoms with Gasteiger partial charge in [-0.15, -0.1) is 35.1 Å². The fourth-order valence-corrected chi connectivity index (χ4v) is 7.17. The van der Waals surface area contributed by atoms with Gasteiger partial charge in [0.05, 0.1) is 24.7 Å². The van der Waals surface area contributed by atoms with Crippen molar-refractivity contribution in [2.24, 2.45) is 11.7 Å².